The zero-order valence-corrected chi connectivity index (χ0v) is 10.8. The van der Waals surface area contributed by atoms with E-state index in [-0.39, 0.29) is 6.04 Å². The topological polar surface area (TPSA) is 60.2 Å². The van der Waals surface area contributed by atoms with Gasteiger partial charge >= 0.3 is 0 Å². The van der Waals surface area contributed by atoms with Crippen LogP contribution in [-0.4, -0.2) is 24.2 Å². The maximum Gasteiger partial charge on any atom is 0.0636 e. The van der Waals surface area contributed by atoms with Gasteiger partial charge in [-0.15, -0.1) is 0 Å². The summed E-state index contributed by atoms with van der Waals surface area (Å²) >= 11 is 0. The van der Waals surface area contributed by atoms with E-state index in [9.17, 15) is 0 Å². The first-order valence-corrected chi connectivity index (χ1v) is 6.27. The SMILES string of the molecule is CCCOCC(Cc1ccc(CC)cn1)NN. The average molecular weight is 237 g/mol. The molecule has 0 bridgehead atoms. The third-order valence-electron chi connectivity index (χ3n) is 2.65. The molecule has 96 valence electrons. The van der Waals surface area contributed by atoms with Crippen LogP contribution in [0.5, 0.6) is 0 Å². The number of aryl methyl sites for hydroxylation is 1. The van der Waals surface area contributed by atoms with Crippen molar-refractivity contribution in [3.05, 3.63) is 29.6 Å². The minimum absolute atomic E-state index is 0.126. The van der Waals surface area contributed by atoms with E-state index in [1.54, 1.807) is 0 Å². The van der Waals surface area contributed by atoms with Crippen molar-refractivity contribution in [3.63, 3.8) is 0 Å². The second-order valence-electron chi connectivity index (χ2n) is 4.15. The van der Waals surface area contributed by atoms with Crippen LogP contribution in [0, 0.1) is 0 Å². The van der Waals surface area contributed by atoms with Crippen molar-refractivity contribution >= 4 is 0 Å². The minimum Gasteiger partial charge on any atom is -0.380 e. The molecule has 1 rings (SSSR count). The Balaban J connectivity index is 2.43. The molecule has 1 aromatic rings. The monoisotopic (exact) mass is 237 g/mol. The number of nitrogens with zero attached hydrogens (tertiary/aromatic N) is 1. The molecule has 1 aromatic heterocycles. The fraction of sp³-hybridized carbons (Fsp3) is 0.615. The van der Waals surface area contributed by atoms with Crippen LogP contribution in [0.1, 0.15) is 31.5 Å². The summed E-state index contributed by atoms with van der Waals surface area (Å²) in [5.74, 6) is 5.50. The molecule has 1 atom stereocenters. The first kappa shape index (κ1) is 14.1. The van der Waals surface area contributed by atoms with E-state index < -0.39 is 0 Å². The standard InChI is InChI=1S/C13H23N3O/c1-3-7-17-10-13(16-14)8-12-6-5-11(4-2)9-15-12/h5-6,9,13,16H,3-4,7-8,10,14H2,1-2H3. The summed E-state index contributed by atoms with van der Waals surface area (Å²) in [5, 5.41) is 0. The van der Waals surface area contributed by atoms with Crippen molar-refractivity contribution in [2.24, 2.45) is 5.84 Å². The molecule has 0 aromatic carbocycles. The van der Waals surface area contributed by atoms with Crippen LogP contribution in [0.4, 0.5) is 0 Å². The van der Waals surface area contributed by atoms with Gasteiger partial charge < -0.3 is 4.74 Å². The zero-order chi connectivity index (χ0) is 12.5. The van der Waals surface area contributed by atoms with Crippen molar-refractivity contribution in [1.29, 1.82) is 0 Å². The molecular formula is C13H23N3O. The first-order valence-electron chi connectivity index (χ1n) is 6.27. The molecule has 0 saturated heterocycles. The van der Waals surface area contributed by atoms with Crippen molar-refractivity contribution in [1.82, 2.24) is 10.4 Å². The van der Waals surface area contributed by atoms with Gasteiger partial charge in [-0.1, -0.05) is 19.9 Å². The Morgan fingerprint density at radius 3 is 2.76 bits per heavy atom. The molecule has 4 nitrogen and oxygen atoms in total. The van der Waals surface area contributed by atoms with Crippen molar-refractivity contribution < 1.29 is 4.74 Å². The minimum atomic E-state index is 0.126. The van der Waals surface area contributed by atoms with Gasteiger partial charge in [-0.2, -0.15) is 0 Å². The Morgan fingerprint density at radius 1 is 1.41 bits per heavy atom. The molecule has 0 fully saturated rings. The number of ether oxygens (including phenoxy) is 1. The van der Waals surface area contributed by atoms with Gasteiger partial charge in [0.15, 0.2) is 0 Å². The number of hydrogen-bond donors (Lipinski definition) is 2. The van der Waals surface area contributed by atoms with E-state index in [0.717, 1.165) is 31.6 Å². The third kappa shape index (κ3) is 5.26. The Morgan fingerprint density at radius 2 is 2.24 bits per heavy atom. The van der Waals surface area contributed by atoms with Gasteiger partial charge in [0.1, 0.15) is 0 Å². The fourth-order valence-corrected chi connectivity index (χ4v) is 1.57. The summed E-state index contributed by atoms with van der Waals surface area (Å²) in [6.07, 6.45) is 4.77. The summed E-state index contributed by atoms with van der Waals surface area (Å²) in [5.41, 5.74) is 5.08. The molecule has 17 heavy (non-hydrogen) atoms. The summed E-state index contributed by atoms with van der Waals surface area (Å²) < 4.78 is 5.48. The number of nitrogens with two attached hydrogens (primary N) is 1. The highest BCUT2D eigenvalue weighted by Gasteiger charge is 2.08. The highest BCUT2D eigenvalue weighted by Crippen LogP contribution is 2.04. The summed E-state index contributed by atoms with van der Waals surface area (Å²) in [4.78, 5) is 4.41. The Kier molecular flexibility index (Phi) is 6.77. The Labute approximate surface area is 104 Å². The van der Waals surface area contributed by atoms with Crippen molar-refractivity contribution in [3.8, 4) is 0 Å². The quantitative estimate of drug-likeness (QED) is 0.408. The molecule has 1 heterocycles. The molecular weight excluding hydrogens is 214 g/mol. The normalized spacial score (nSPS) is 12.6. The first-order chi connectivity index (χ1) is 8.30. The van der Waals surface area contributed by atoms with Crippen LogP contribution < -0.4 is 11.3 Å². The average Bonchev–Trinajstić information content (AvgIpc) is 2.38. The van der Waals surface area contributed by atoms with Gasteiger partial charge in [0.2, 0.25) is 0 Å². The van der Waals surface area contributed by atoms with Gasteiger partial charge in [-0.05, 0) is 24.5 Å². The predicted molar refractivity (Wildman–Crippen MR) is 69.5 cm³/mol. The highest BCUT2D eigenvalue weighted by molar-refractivity contribution is 5.14. The van der Waals surface area contributed by atoms with Crippen LogP contribution in [0.3, 0.4) is 0 Å². The molecule has 0 radical (unpaired) electrons. The van der Waals surface area contributed by atoms with E-state index in [1.807, 2.05) is 6.20 Å². The van der Waals surface area contributed by atoms with Gasteiger partial charge in [0, 0.05) is 31.0 Å². The number of nitrogens with one attached hydrogen (secondary N) is 1. The summed E-state index contributed by atoms with van der Waals surface area (Å²) in [7, 11) is 0. The fourth-order valence-electron chi connectivity index (χ4n) is 1.57. The van der Waals surface area contributed by atoms with Crippen molar-refractivity contribution in [2.45, 2.75) is 39.2 Å². The van der Waals surface area contributed by atoms with E-state index in [1.165, 1.54) is 5.56 Å². The van der Waals surface area contributed by atoms with Crippen molar-refractivity contribution in [2.75, 3.05) is 13.2 Å². The number of hydrazine groups is 1. The molecule has 3 N–H and O–H groups in total. The number of hydrogen-bond acceptors (Lipinski definition) is 4. The lowest BCUT2D eigenvalue weighted by Crippen LogP contribution is -2.40. The second-order valence-corrected chi connectivity index (χ2v) is 4.15. The van der Waals surface area contributed by atoms with Crippen LogP contribution in [0.15, 0.2) is 18.3 Å². The largest absolute Gasteiger partial charge is 0.380 e. The summed E-state index contributed by atoms with van der Waals surface area (Å²) in [6, 6.07) is 4.30. The molecule has 0 saturated carbocycles. The van der Waals surface area contributed by atoms with Crippen LogP contribution in [-0.2, 0) is 17.6 Å². The van der Waals surface area contributed by atoms with E-state index in [2.05, 4.69) is 36.4 Å². The van der Waals surface area contributed by atoms with Crippen LogP contribution >= 0.6 is 0 Å². The van der Waals surface area contributed by atoms with Gasteiger partial charge in [0.05, 0.1) is 6.61 Å². The smallest absolute Gasteiger partial charge is 0.0636 e. The lowest BCUT2D eigenvalue weighted by molar-refractivity contribution is 0.111. The van der Waals surface area contributed by atoms with Gasteiger partial charge in [-0.25, -0.2) is 0 Å². The maximum atomic E-state index is 5.50. The van der Waals surface area contributed by atoms with Gasteiger partial charge in [0.25, 0.3) is 0 Å². The number of aromatic nitrogens is 1. The van der Waals surface area contributed by atoms with E-state index >= 15 is 0 Å². The van der Waals surface area contributed by atoms with Crippen LogP contribution in [0.2, 0.25) is 0 Å². The zero-order valence-electron chi connectivity index (χ0n) is 10.8. The lowest BCUT2D eigenvalue weighted by Gasteiger charge is -2.15. The third-order valence-corrected chi connectivity index (χ3v) is 2.65. The maximum absolute atomic E-state index is 5.50. The highest BCUT2D eigenvalue weighted by atomic mass is 16.5. The number of rotatable bonds is 8. The molecule has 0 spiro atoms. The van der Waals surface area contributed by atoms with E-state index in [0.29, 0.717) is 6.61 Å². The Hall–Kier alpha value is -0.970. The number of pyridine rings is 1. The van der Waals surface area contributed by atoms with Gasteiger partial charge in [-0.3, -0.25) is 16.3 Å². The molecule has 0 aliphatic heterocycles. The molecule has 0 aliphatic carbocycles. The lowest BCUT2D eigenvalue weighted by atomic mass is 10.1. The molecule has 1 unspecified atom stereocenters. The summed E-state index contributed by atoms with van der Waals surface area (Å²) in [6.45, 7) is 5.62. The Bertz CT molecular complexity index is 300. The van der Waals surface area contributed by atoms with E-state index in [4.69, 9.17) is 10.6 Å². The molecule has 0 aliphatic rings. The molecule has 0 amide bonds. The second kappa shape index (κ2) is 8.17. The molecule has 4 heteroatoms. The predicted octanol–water partition coefficient (Wildman–Crippen LogP) is 1.44. The van der Waals surface area contributed by atoms with Crippen LogP contribution in [0.25, 0.3) is 0 Å².